The number of nitrogens with zero attached hydrogens (tertiary/aromatic N) is 1. The van der Waals surface area contributed by atoms with E-state index < -0.39 is 11.7 Å². The van der Waals surface area contributed by atoms with Crippen LogP contribution in [0.25, 0.3) is 0 Å². The third-order valence-electron chi connectivity index (χ3n) is 3.14. The van der Waals surface area contributed by atoms with Crippen molar-refractivity contribution in [2.24, 2.45) is 0 Å². The first kappa shape index (κ1) is 15.6. The molecule has 0 saturated carbocycles. The largest absolute Gasteiger partial charge is 0.416 e. The van der Waals surface area contributed by atoms with Gasteiger partial charge in [-0.3, -0.25) is 0 Å². The zero-order chi connectivity index (χ0) is 15.6. The molecule has 1 aromatic carbocycles. The first-order valence-corrected chi connectivity index (χ1v) is 6.71. The van der Waals surface area contributed by atoms with Crippen LogP contribution in [0.1, 0.15) is 29.7 Å². The molecular formula is C15H14ClF3N2. The molecule has 0 amide bonds. The standard InChI is InChI=1S/C15H14ClF3N2/c1-9-7-13(8-20-14(9)16)21-10(2)11-3-5-12(6-4-11)15(17,18)19/h3-8,10,21H,1-2H3. The fraction of sp³-hybridized carbons (Fsp3) is 0.267. The van der Waals surface area contributed by atoms with Crippen LogP contribution in [0.2, 0.25) is 5.15 Å². The highest BCUT2D eigenvalue weighted by Gasteiger charge is 2.30. The first-order valence-electron chi connectivity index (χ1n) is 6.33. The van der Waals surface area contributed by atoms with Crippen molar-refractivity contribution in [2.45, 2.75) is 26.1 Å². The summed E-state index contributed by atoms with van der Waals surface area (Å²) < 4.78 is 37.5. The van der Waals surface area contributed by atoms with E-state index >= 15 is 0 Å². The van der Waals surface area contributed by atoms with Crippen molar-refractivity contribution < 1.29 is 13.2 Å². The quantitative estimate of drug-likeness (QED) is 0.784. The third kappa shape index (κ3) is 3.88. The number of nitrogens with one attached hydrogen (secondary N) is 1. The van der Waals surface area contributed by atoms with Crippen LogP contribution in [0, 0.1) is 6.92 Å². The molecule has 0 bridgehead atoms. The zero-order valence-corrected chi connectivity index (χ0v) is 12.3. The normalized spacial score (nSPS) is 13.0. The Balaban J connectivity index is 2.13. The number of hydrogen-bond donors (Lipinski definition) is 1. The molecule has 0 aliphatic rings. The lowest BCUT2D eigenvalue weighted by Crippen LogP contribution is -2.09. The molecule has 2 rings (SSSR count). The molecule has 2 aromatic rings. The smallest absolute Gasteiger partial charge is 0.377 e. The summed E-state index contributed by atoms with van der Waals surface area (Å²) in [7, 11) is 0. The summed E-state index contributed by atoms with van der Waals surface area (Å²) in [4.78, 5) is 4.03. The molecule has 1 N–H and O–H groups in total. The molecule has 112 valence electrons. The van der Waals surface area contributed by atoms with Crippen molar-refractivity contribution in [2.75, 3.05) is 5.32 Å². The topological polar surface area (TPSA) is 24.9 Å². The van der Waals surface area contributed by atoms with Gasteiger partial charge in [-0.1, -0.05) is 23.7 Å². The molecule has 1 atom stereocenters. The molecule has 0 radical (unpaired) electrons. The van der Waals surface area contributed by atoms with Crippen LogP contribution in [-0.2, 0) is 6.18 Å². The SMILES string of the molecule is Cc1cc(NC(C)c2ccc(C(F)(F)F)cc2)cnc1Cl. The van der Waals surface area contributed by atoms with Gasteiger partial charge < -0.3 is 5.32 Å². The summed E-state index contributed by atoms with van der Waals surface area (Å²) in [5.41, 5.74) is 1.71. The maximum Gasteiger partial charge on any atom is 0.416 e. The second kappa shape index (κ2) is 5.93. The highest BCUT2D eigenvalue weighted by molar-refractivity contribution is 6.30. The minimum atomic E-state index is -4.31. The lowest BCUT2D eigenvalue weighted by atomic mass is 10.1. The molecule has 0 spiro atoms. The van der Waals surface area contributed by atoms with Crippen molar-refractivity contribution in [3.05, 3.63) is 58.4 Å². The molecule has 6 heteroatoms. The monoisotopic (exact) mass is 314 g/mol. The minimum absolute atomic E-state index is 0.144. The fourth-order valence-corrected chi connectivity index (χ4v) is 2.03. The lowest BCUT2D eigenvalue weighted by Gasteiger charge is -2.17. The predicted octanol–water partition coefficient (Wildman–Crippen LogP) is 5.24. The van der Waals surface area contributed by atoms with E-state index in [1.807, 2.05) is 19.9 Å². The van der Waals surface area contributed by atoms with E-state index in [4.69, 9.17) is 11.6 Å². The highest BCUT2D eigenvalue weighted by Crippen LogP contribution is 2.30. The Morgan fingerprint density at radius 1 is 1.19 bits per heavy atom. The van der Waals surface area contributed by atoms with Crippen molar-refractivity contribution in [1.29, 1.82) is 0 Å². The highest BCUT2D eigenvalue weighted by atomic mass is 35.5. The molecule has 1 unspecified atom stereocenters. The van der Waals surface area contributed by atoms with Gasteiger partial charge in [-0.2, -0.15) is 13.2 Å². The third-order valence-corrected chi connectivity index (χ3v) is 3.53. The van der Waals surface area contributed by atoms with E-state index in [1.165, 1.54) is 12.1 Å². The number of anilines is 1. The van der Waals surface area contributed by atoms with Crippen LogP contribution in [-0.4, -0.2) is 4.98 Å². The first-order chi connectivity index (χ1) is 9.77. The van der Waals surface area contributed by atoms with E-state index in [-0.39, 0.29) is 6.04 Å². The van der Waals surface area contributed by atoms with Gasteiger partial charge in [0.25, 0.3) is 0 Å². The van der Waals surface area contributed by atoms with Crippen molar-refractivity contribution in [1.82, 2.24) is 4.98 Å². The summed E-state index contributed by atoms with van der Waals surface area (Å²) >= 11 is 5.85. The van der Waals surface area contributed by atoms with Crippen LogP contribution >= 0.6 is 11.6 Å². The van der Waals surface area contributed by atoms with E-state index in [0.717, 1.165) is 28.9 Å². The van der Waals surface area contributed by atoms with Crippen LogP contribution in [0.4, 0.5) is 18.9 Å². The number of aryl methyl sites for hydroxylation is 1. The number of pyridine rings is 1. The molecular weight excluding hydrogens is 301 g/mol. The Morgan fingerprint density at radius 3 is 2.33 bits per heavy atom. The van der Waals surface area contributed by atoms with Crippen molar-refractivity contribution >= 4 is 17.3 Å². The number of alkyl halides is 3. The minimum Gasteiger partial charge on any atom is -0.377 e. The maximum absolute atomic E-state index is 12.5. The molecule has 2 nitrogen and oxygen atoms in total. The Morgan fingerprint density at radius 2 is 1.81 bits per heavy atom. The van der Waals surface area contributed by atoms with Crippen molar-refractivity contribution in [3.8, 4) is 0 Å². The molecule has 0 aliphatic carbocycles. The molecule has 0 fully saturated rings. The van der Waals surface area contributed by atoms with E-state index in [0.29, 0.717) is 5.15 Å². The van der Waals surface area contributed by atoms with Gasteiger partial charge in [-0.25, -0.2) is 4.98 Å². The molecule has 1 heterocycles. The van der Waals surface area contributed by atoms with Crippen LogP contribution in [0.5, 0.6) is 0 Å². The van der Waals surface area contributed by atoms with Gasteiger partial charge >= 0.3 is 6.18 Å². The van der Waals surface area contributed by atoms with Gasteiger partial charge in [0.2, 0.25) is 0 Å². The molecule has 0 aliphatic heterocycles. The van der Waals surface area contributed by atoms with Gasteiger partial charge in [0.15, 0.2) is 0 Å². The summed E-state index contributed by atoms with van der Waals surface area (Å²) in [6.07, 6.45) is -2.72. The van der Waals surface area contributed by atoms with Gasteiger partial charge in [0.1, 0.15) is 5.15 Å². The second-order valence-corrected chi connectivity index (χ2v) is 5.18. The summed E-state index contributed by atoms with van der Waals surface area (Å²) in [6.45, 7) is 3.70. The Hall–Kier alpha value is -1.75. The average molecular weight is 315 g/mol. The Kier molecular flexibility index (Phi) is 4.42. The number of benzene rings is 1. The predicted molar refractivity (Wildman–Crippen MR) is 77.5 cm³/mol. The van der Waals surface area contributed by atoms with E-state index in [9.17, 15) is 13.2 Å². The van der Waals surface area contributed by atoms with Gasteiger partial charge in [0.05, 0.1) is 17.4 Å². The van der Waals surface area contributed by atoms with E-state index in [2.05, 4.69) is 10.3 Å². The summed E-state index contributed by atoms with van der Waals surface area (Å²) in [5.74, 6) is 0. The lowest BCUT2D eigenvalue weighted by molar-refractivity contribution is -0.137. The number of hydrogen-bond acceptors (Lipinski definition) is 2. The average Bonchev–Trinajstić information content (AvgIpc) is 2.42. The number of rotatable bonds is 3. The molecule has 0 saturated heterocycles. The summed E-state index contributed by atoms with van der Waals surface area (Å²) in [6, 6.07) is 6.80. The van der Waals surface area contributed by atoms with Crippen LogP contribution < -0.4 is 5.32 Å². The Labute approximate surface area is 126 Å². The van der Waals surface area contributed by atoms with E-state index in [1.54, 1.807) is 6.20 Å². The second-order valence-electron chi connectivity index (χ2n) is 4.82. The van der Waals surface area contributed by atoms with Crippen LogP contribution in [0.15, 0.2) is 36.5 Å². The summed E-state index contributed by atoms with van der Waals surface area (Å²) in [5, 5.41) is 3.62. The zero-order valence-electron chi connectivity index (χ0n) is 11.5. The molecule has 21 heavy (non-hydrogen) atoms. The van der Waals surface area contributed by atoms with Crippen LogP contribution in [0.3, 0.4) is 0 Å². The van der Waals surface area contributed by atoms with Gasteiger partial charge in [-0.15, -0.1) is 0 Å². The number of aromatic nitrogens is 1. The maximum atomic E-state index is 12.5. The van der Waals surface area contributed by atoms with Gasteiger partial charge in [-0.05, 0) is 43.2 Å². The van der Waals surface area contributed by atoms with Gasteiger partial charge in [0, 0.05) is 6.04 Å². The Bertz CT molecular complexity index is 624. The number of halogens is 4. The fourth-order valence-electron chi connectivity index (χ4n) is 1.93. The van der Waals surface area contributed by atoms with Crippen molar-refractivity contribution in [3.63, 3.8) is 0 Å². The molecule has 1 aromatic heterocycles.